The van der Waals surface area contributed by atoms with Crippen LogP contribution in [0.2, 0.25) is 5.02 Å². The van der Waals surface area contributed by atoms with E-state index in [0.717, 1.165) is 26.1 Å². The minimum atomic E-state index is -4.47. The number of aromatic nitrogens is 3. The van der Waals surface area contributed by atoms with Crippen LogP contribution in [-0.2, 0) is 22.6 Å². The Labute approximate surface area is 162 Å². The van der Waals surface area contributed by atoms with Gasteiger partial charge in [-0.05, 0) is 13.0 Å². The maximum absolute atomic E-state index is 13.5. The zero-order chi connectivity index (χ0) is 21.7. The maximum Gasteiger partial charge on any atom is 0.394 e. The van der Waals surface area contributed by atoms with E-state index in [-0.39, 0.29) is 28.1 Å². The molecular formula is C17H17ClF5N3O2. The van der Waals surface area contributed by atoms with Crippen LogP contribution in [-0.4, -0.2) is 27.1 Å². The smallest absolute Gasteiger partial charge is 0.264 e. The van der Waals surface area contributed by atoms with E-state index in [1.54, 1.807) is 6.92 Å². The number of carbonyl (C=O) groups excluding carboxylic acids is 2. The summed E-state index contributed by atoms with van der Waals surface area (Å²) < 4.78 is 67.5. The summed E-state index contributed by atoms with van der Waals surface area (Å²) in [4.78, 5) is 20.2. The van der Waals surface area contributed by atoms with Crippen LogP contribution >= 0.6 is 11.6 Å². The van der Waals surface area contributed by atoms with Crippen molar-refractivity contribution in [1.82, 2.24) is 14.8 Å². The molecule has 0 N–H and O–H groups in total. The summed E-state index contributed by atoms with van der Waals surface area (Å²) in [5, 5.41) is 4.16. The number of pyridine rings is 1. The Morgan fingerprint density at radius 2 is 1.79 bits per heavy atom. The van der Waals surface area contributed by atoms with Crippen molar-refractivity contribution in [2.24, 2.45) is 5.41 Å². The van der Waals surface area contributed by atoms with E-state index in [1.807, 2.05) is 0 Å². The van der Waals surface area contributed by atoms with Crippen LogP contribution in [0.1, 0.15) is 38.5 Å². The van der Waals surface area contributed by atoms with E-state index in [9.17, 15) is 22.0 Å². The average Bonchev–Trinajstić information content (AvgIpc) is 2.94. The van der Waals surface area contributed by atoms with Gasteiger partial charge in [0.05, 0.1) is 22.3 Å². The number of alkyl halides is 5. The van der Waals surface area contributed by atoms with Gasteiger partial charge in [0.25, 0.3) is 6.43 Å². The fraction of sp³-hybridized carbons (Fsp3) is 0.471. The highest BCUT2D eigenvalue weighted by molar-refractivity contribution is 6.33. The first-order chi connectivity index (χ1) is 12.9. The summed E-state index contributed by atoms with van der Waals surface area (Å²) in [5.41, 5.74) is -2.22. The van der Waals surface area contributed by atoms with Crippen LogP contribution in [0.3, 0.4) is 0 Å². The quantitative estimate of drug-likeness (QED) is 0.625. The van der Waals surface area contributed by atoms with Crippen LogP contribution in [0, 0.1) is 5.41 Å². The molecule has 154 valence electrons. The molecule has 0 aliphatic heterocycles. The van der Waals surface area contributed by atoms with Crippen LogP contribution in [0.25, 0.3) is 11.3 Å². The summed E-state index contributed by atoms with van der Waals surface area (Å²) in [6.45, 7) is 4.18. The van der Waals surface area contributed by atoms with E-state index in [4.69, 9.17) is 21.2 Å². The topological polar surface area (TPSA) is 64.8 Å². The molecule has 0 aromatic carbocycles. The third kappa shape index (κ3) is 5.36. The summed E-state index contributed by atoms with van der Waals surface area (Å²) in [7, 11) is 0. The molecule has 2 heterocycles. The van der Waals surface area contributed by atoms with Gasteiger partial charge in [-0.1, -0.05) is 25.4 Å². The lowest BCUT2D eigenvalue weighted by atomic mass is 9.86. The minimum Gasteiger partial charge on any atom is -0.264 e. The molecule has 0 spiro atoms. The number of aryl methyl sites for hydroxylation is 1. The molecule has 28 heavy (non-hydrogen) atoms. The molecule has 0 aliphatic carbocycles. The predicted octanol–water partition coefficient (Wildman–Crippen LogP) is 5.10. The molecule has 0 atom stereocenters. The number of nitrogens with zero attached hydrogens (tertiary/aromatic N) is 3. The highest BCUT2D eigenvalue weighted by Crippen LogP contribution is 2.41. The summed E-state index contributed by atoms with van der Waals surface area (Å²) >= 11 is 6.04. The van der Waals surface area contributed by atoms with Crippen LogP contribution in [0.5, 0.6) is 0 Å². The monoisotopic (exact) mass is 425 g/mol. The SMILES string of the molecule is CCn1ncc(Cl)c1-c1cnc(CC(C)(C)C(F)(F)F)cc1C(F)F.O=C=O. The Bertz CT molecular complexity index is 844. The van der Waals surface area contributed by atoms with Crippen molar-refractivity contribution in [2.45, 2.75) is 46.3 Å². The lowest BCUT2D eigenvalue weighted by Crippen LogP contribution is -2.34. The fourth-order valence-corrected chi connectivity index (χ4v) is 2.66. The second-order valence-electron chi connectivity index (χ2n) is 6.36. The molecule has 11 heteroatoms. The molecule has 2 aromatic heterocycles. The van der Waals surface area contributed by atoms with Crippen molar-refractivity contribution in [3.05, 3.63) is 34.7 Å². The van der Waals surface area contributed by atoms with Gasteiger partial charge in [0, 0.05) is 36.0 Å². The highest BCUT2D eigenvalue weighted by Gasteiger charge is 2.47. The third-order valence-electron chi connectivity index (χ3n) is 3.97. The van der Waals surface area contributed by atoms with Gasteiger partial charge < -0.3 is 0 Å². The van der Waals surface area contributed by atoms with E-state index in [0.29, 0.717) is 6.54 Å². The van der Waals surface area contributed by atoms with Crippen molar-refractivity contribution in [1.29, 1.82) is 0 Å². The molecule has 2 rings (SSSR count). The van der Waals surface area contributed by atoms with E-state index < -0.39 is 30.0 Å². The molecule has 0 saturated heterocycles. The van der Waals surface area contributed by atoms with E-state index >= 15 is 0 Å². The number of hydrogen-bond acceptors (Lipinski definition) is 4. The number of hydrogen-bond donors (Lipinski definition) is 0. The zero-order valence-corrected chi connectivity index (χ0v) is 15.9. The molecule has 0 saturated carbocycles. The predicted molar refractivity (Wildman–Crippen MR) is 89.6 cm³/mol. The van der Waals surface area contributed by atoms with Gasteiger partial charge in [0.15, 0.2) is 0 Å². The summed E-state index contributed by atoms with van der Waals surface area (Å²) in [6, 6.07) is 1.01. The fourth-order valence-electron chi connectivity index (χ4n) is 2.41. The molecular weight excluding hydrogens is 409 g/mol. The largest absolute Gasteiger partial charge is 0.394 e. The number of rotatable bonds is 5. The first-order valence-corrected chi connectivity index (χ1v) is 8.32. The average molecular weight is 426 g/mol. The highest BCUT2D eigenvalue weighted by atomic mass is 35.5. The van der Waals surface area contributed by atoms with Crippen molar-refractivity contribution in [2.75, 3.05) is 0 Å². The van der Waals surface area contributed by atoms with Crippen molar-refractivity contribution >= 4 is 17.8 Å². The zero-order valence-electron chi connectivity index (χ0n) is 15.1. The van der Waals surface area contributed by atoms with Gasteiger partial charge in [0.1, 0.15) is 0 Å². The normalized spacial score (nSPS) is 11.8. The Morgan fingerprint density at radius 1 is 1.21 bits per heavy atom. The summed E-state index contributed by atoms with van der Waals surface area (Å²) in [5.74, 6) is 0. The molecule has 0 unspecified atom stereocenters. The Balaban J connectivity index is 0.00000122. The molecule has 0 amide bonds. The lowest BCUT2D eigenvalue weighted by Gasteiger charge is -2.27. The van der Waals surface area contributed by atoms with Crippen molar-refractivity contribution in [3.8, 4) is 11.3 Å². The van der Waals surface area contributed by atoms with Gasteiger partial charge in [-0.15, -0.1) is 0 Å². The van der Waals surface area contributed by atoms with Gasteiger partial charge in [0.2, 0.25) is 0 Å². The van der Waals surface area contributed by atoms with Crippen LogP contribution in [0.4, 0.5) is 22.0 Å². The molecule has 0 aliphatic rings. The van der Waals surface area contributed by atoms with Gasteiger partial charge >= 0.3 is 12.3 Å². The third-order valence-corrected chi connectivity index (χ3v) is 4.24. The minimum absolute atomic E-state index is 0.0555. The lowest BCUT2D eigenvalue weighted by molar-refractivity contribution is -0.211. The summed E-state index contributed by atoms with van der Waals surface area (Å²) in [6.07, 6.45) is -5.14. The molecule has 0 radical (unpaired) electrons. The second kappa shape index (κ2) is 9.25. The first kappa shape index (κ1) is 23.7. The van der Waals surface area contributed by atoms with Crippen LogP contribution in [0.15, 0.2) is 18.5 Å². The van der Waals surface area contributed by atoms with E-state index in [2.05, 4.69) is 10.1 Å². The Morgan fingerprint density at radius 3 is 2.25 bits per heavy atom. The Kier molecular flexibility index (Phi) is 7.84. The van der Waals surface area contributed by atoms with E-state index in [1.165, 1.54) is 10.9 Å². The van der Waals surface area contributed by atoms with Crippen molar-refractivity contribution in [3.63, 3.8) is 0 Å². The molecule has 2 aromatic rings. The van der Waals surface area contributed by atoms with Crippen LogP contribution < -0.4 is 0 Å². The van der Waals surface area contributed by atoms with Gasteiger partial charge in [-0.25, -0.2) is 8.78 Å². The molecule has 0 bridgehead atoms. The van der Waals surface area contributed by atoms with Crippen molar-refractivity contribution < 1.29 is 31.5 Å². The van der Waals surface area contributed by atoms with Gasteiger partial charge in [-0.3, -0.25) is 9.67 Å². The Hall–Kier alpha value is -2.32. The standard InChI is InChI=1S/C16H17ClF5N3.CO2/c1-4-25-13(12(17)8-24-25)11-7-23-9(5-10(11)14(18)19)6-15(2,3)16(20,21)22;2-1-3/h5,7-8,14H,4,6H2,1-3H3;. The second-order valence-corrected chi connectivity index (χ2v) is 6.77. The maximum atomic E-state index is 13.5. The van der Waals surface area contributed by atoms with Gasteiger partial charge in [-0.2, -0.15) is 27.9 Å². The number of halogens is 6. The molecule has 5 nitrogen and oxygen atoms in total. The molecule has 0 fully saturated rings. The first-order valence-electron chi connectivity index (χ1n) is 7.94.